The molecule has 0 radical (unpaired) electrons. The van der Waals surface area contributed by atoms with E-state index in [1.54, 1.807) is 6.92 Å². The minimum atomic E-state index is -3.77. The molecular formula is C15H18N4O5S. The fourth-order valence-corrected chi connectivity index (χ4v) is 3.70. The topological polar surface area (TPSA) is 137 Å². The Kier molecular flexibility index (Phi) is 4.84. The van der Waals surface area contributed by atoms with Gasteiger partial charge in [0.1, 0.15) is 6.10 Å². The van der Waals surface area contributed by atoms with E-state index in [0.29, 0.717) is 24.6 Å². The maximum atomic E-state index is 12.4. The summed E-state index contributed by atoms with van der Waals surface area (Å²) >= 11 is 0. The van der Waals surface area contributed by atoms with E-state index < -0.39 is 15.9 Å². The SMILES string of the molecule is Cc1noc([C@@H]2CC[C@H](CNS(=O)(=O)c3cccc(C(N)=O)c3)O2)n1. The molecule has 2 atom stereocenters. The molecule has 25 heavy (non-hydrogen) atoms. The van der Waals surface area contributed by atoms with E-state index in [9.17, 15) is 13.2 Å². The molecule has 3 N–H and O–H groups in total. The lowest BCUT2D eigenvalue weighted by Crippen LogP contribution is -2.32. The number of nitrogens with two attached hydrogens (primary N) is 1. The predicted octanol–water partition coefficient (Wildman–Crippen LogP) is 0.676. The van der Waals surface area contributed by atoms with Crippen LogP contribution >= 0.6 is 0 Å². The van der Waals surface area contributed by atoms with Gasteiger partial charge in [0, 0.05) is 12.1 Å². The number of hydrogen-bond donors (Lipinski definition) is 2. The molecule has 0 spiro atoms. The zero-order valence-corrected chi connectivity index (χ0v) is 14.3. The van der Waals surface area contributed by atoms with Crippen LogP contribution in [0.1, 0.15) is 41.0 Å². The van der Waals surface area contributed by atoms with Crippen molar-refractivity contribution in [2.45, 2.75) is 36.9 Å². The van der Waals surface area contributed by atoms with Crippen molar-refractivity contribution in [3.8, 4) is 0 Å². The largest absolute Gasteiger partial charge is 0.366 e. The summed E-state index contributed by atoms with van der Waals surface area (Å²) in [7, 11) is -3.77. The van der Waals surface area contributed by atoms with Gasteiger partial charge >= 0.3 is 0 Å². The molecule has 0 unspecified atom stereocenters. The average Bonchev–Trinajstić information content (AvgIpc) is 3.22. The lowest BCUT2D eigenvalue weighted by atomic mass is 10.2. The Morgan fingerprint density at radius 2 is 2.20 bits per heavy atom. The maximum Gasteiger partial charge on any atom is 0.255 e. The third kappa shape index (κ3) is 4.03. The highest BCUT2D eigenvalue weighted by Gasteiger charge is 2.31. The van der Waals surface area contributed by atoms with Crippen LogP contribution in [0.25, 0.3) is 0 Å². The smallest absolute Gasteiger partial charge is 0.255 e. The van der Waals surface area contributed by atoms with Gasteiger partial charge in [-0.05, 0) is 38.0 Å². The lowest BCUT2D eigenvalue weighted by Gasteiger charge is -2.13. The van der Waals surface area contributed by atoms with Crippen molar-refractivity contribution >= 4 is 15.9 Å². The van der Waals surface area contributed by atoms with Crippen LogP contribution in [0.15, 0.2) is 33.7 Å². The van der Waals surface area contributed by atoms with Crippen molar-refractivity contribution in [2.75, 3.05) is 6.54 Å². The number of sulfonamides is 1. The van der Waals surface area contributed by atoms with Gasteiger partial charge in [-0.3, -0.25) is 4.79 Å². The van der Waals surface area contributed by atoms with Gasteiger partial charge in [0.2, 0.25) is 15.9 Å². The molecule has 3 rings (SSSR count). The van der Waals surface area contributed by atoms with E-state index in [2.05, 4.69) is 14.9 Å². The number of aryl methyl sites for hydroxylation is 1. The second-order valence-corrected chi connectivity index (χ2v) is 7.51. The van der Waals surface area contributed by atoms with Crippen LogP contribution in [0.2, 0.25) is 0 Å². The van der Waals surface area contributed by atoms with Gasteiger partial charge in [-0.15, -0.1) is 0 Å². The number of primary amides is 1. The second kappa shape index (κ2) is 6.90. The molecule has 0 saturated carbocycles. The summed E-state index contributed by atoms with van der Waals surface area (Å²) in [5, 5.41) is 3.72. The Labute approximate surface area is 144 Å². The van der Waals surface area contributed by atoms with Crippen molar-refractivity contribution in [2.24, 2.45) is 5.73 Å². The molecule has 1 fully saturated rings. The quantitative estimate of drug-likeness (QED) is 0.766. The molecule has 1 aromatic carbocycles. The van der Waals surface area contributed by atoms with E-state index in [0.717, 1.165) is 0 Å². The zero-order valence-electron chi connectivity index (χ0n) is 13.5. The first-order chi connectivity index (χ1) is 11.8. The van der Waals surface area contributed by atoms with Gasteiger partial charge < -0.3 is 15.0 Å². The molecule has 1 aliphatic rings. The van der Waals surface area contributed by atoms with Crippen LogP contribution in [0, 0.1) is 6.92 Å². The summed E-state index contributed by atoms with van der Waals surface area (Å²) in [5.74, 6) is 0.239. The zero-order chi connectivity index (χ0) is 18.0. The predicted molar refractivity (Wildman–Crippen MR) is 86.0 cm³/mol. The molecular weight excluding hydrogens is 348 g/mol. The standard InChI is InChI=1S/C15H18N4O5S/c1-9-18-15(24-19-9)13-6-5-11(23-13)8-17-25(21,22)12-4-2-3-10(7-12)14(16)20/h2-4,7,11,13,17H,5-6,8H2,1H3,(H2,16,20)/t11-,13+/m1/s1. The summed E-state index contributed by atoms with van der Waals surface area (Å²) in [6.45, 7) is 1.82. The van der Waals surface area contributed by atoms with Crippen molar-refractivity contribution in [3.63, 3.8) is 0 Å². The van der Waals surface area contributed by atoms with Crippen LogP contribution in [0.5, 0.6) is 0 Å². The molecule has 2 aromatic rings. The number of hydrogen-bond acceptors (Lipinski definition) is 7. The van der Waals surface area contributed by atoms with Crippen LogP contribution in [-0.4, -0.2) is 37.1 Å². The molecule has 1 saturated heterocycles. The van der Waals surface area contributed by atoms with Gasteiger partial charge in [0.05, 0.1) is 11.0 Å². The Hall–Kier alpha value is -2.30. The number of amides is 1. The van der Waals surface area contributed by atoms with Crippen molar-refractivity contribution in [1.29, 1.82) is 0 Å². The number of aromatic nitrogens is 2. The van der Waals surface area contributed by atoms with Gasteiger partial charge in [-0.2, -0.15) is 4.98 Å². The molecule has 1 aliphatic heterocycles. The highest BCUT2D eigenvalue weighted by Crippen LogP contribution is 2.31. The first-order valence-electron chi connectivity index (χ1n) is 7.70. The summed E-state index contributed by atoms with van der Waals surface area (Å²) in [4.78, 5) is 15.3. The normalized spacial score (nSPS) is 20.7. The summed E-state index contributed by atoms with van der Waals surface area (Å²) in [6, 6.07) is 5.56. The summed E-state index contributed by atoms with van der Waals surface area (Å²) < 4.78 is 38.0. The van der Waals surface area contributed by atoms with Gasteiger partial charge in [0.15, 0.2) is 5.82 Å². The Morgan fingerprint density at radius 1 is 1.40 bits per heavy atom. The third-order valence-electron chi connectivity index (χ3n) is 3.86. The van der Waals surface area contributed by atoms with Crippen LogP contribution in [-0.2, 0) is 14.8 Å². The number of rotatable bonds is 6. The number of nitrogens with zero attached hydrogens (tertiary/aromatic N) is 2. The summed E-state index contributed by atoms with van der Waals surface area (Å²) in [6.07, 6.45) is 0.710. The first kappa shape index (κ1) is 17.5. The third-order valence-corrected chi connectivity index (χ3v) is 5.28. The minimum absolute atomic E-state index is 0.0223. The molecule has 0 aliphatic carbocycles. The van der Waals surface area contributed by atoms with Crippen molar-refractivity contribution in [1.82, 2.24) is 14.9 Å². The lowest BCUT2D eigenvalue weighted by molar-refractivity contribution is 0.0290. The van der Waals surface area contributed by atoms with Gasteiger partial charge in [-0.1, -0.05) is 11.2 Å². The van der Waals surface area contributed by atoms with E-state index in [4.69, 9.17) is 15.0 Å². The molecule has 10 heteroatoms. The average molecular weight is 366 g/mol. The molecule has 9 nitrogen and oxygen atoms in total. The van der Waals surface area contributed by atoms with Crippen molar-refractivity contribution in [3.05, 3.63) is 41.5 Å². The van der Waals surface area contributed by atoms with Gasteiger partial charge in [0.25, 0.3) is 5.89 Å². The van der Waals surface area contributed by atoms with Crippen LogP contribution in [0.4, 0.5) is 0 Å². The Morgan fingerprint density at radius 3 is 2.88 bits per heavy atom. The van der Waals surface area contributed by atoms with E-state index in [-0.39, 0.29) is 29.2 Å². The van der Waals surface area contributed by atoms with Crippen LogP contribution < -0.4 is 10.5 Å². The monoisotopic (exact) mass is 366 g/mol. The summed E-state index contributed by atoms with van der Waals surface area (Å²) in [5.41, 5.74) is 5.31. The highest BCUT2D eigenvalue weighted by atomic mass is 32.2. The molecule has 0 bridgehead atoms. The molecule has 1 amide bonds. The van der Waals surface area contributed by atoms with E-state index in [1.165, 1.54) is 24.3 Å². The maximum absolute atomic E-state index is 12.4. The molecule has 134 valence electrons. The van der Waals surface area contributed by atoms with E-state index >= 15 is 0 Å². The second-order valence-electron chi connectivity index (χ2n) is 5.75. The minimum Gasteiger partial charge on any atom is -0.366 e. The fraction of sp³-hybridized carbons (Fsp3) is 0.400. The number of nitrogens with one attached hydrogen (secondary N) is 1. The van der Waals surface area contributed by atoms with E-state index in [1.807, 2.05) is 0 Å². The molecule has 1 aromatic heterocycles. The highest BCUT2D eigenvalue weighted by molar-refractivity contribution is 7.89. The Bertz CT molecular complexity index is 880. The number of benzene rings is 1. The van der Waals surface area contributed by atoms with Gasteiger partial charge in [-0.25, -0.2) is 13.1 Å². The Balaban J connectivity index is 1.61. The van der Waals surface area contributed by atoms with Crippen molar-refractivity contribution < 1.29 is 22.5 Å². The molecule has 2 heterocycles. The van der Waals surface area contributed by atoms with Crippen LogP contribution in [0.3, 0.4) is 0 Å². The first-order valence-corrected chi connectivity index (χ1v) is 9.18. The fourth-order valence-electron chi connectivity index (χ4n) is 2.58. The number of ether oxygens (including phenoxy) is 1. The number of carbonyl (C=O) groups is 1. The number of carbonyl (C=O) groups excluding carboxylic acids is 1.